The van der Waals surface area contributed by atoms with Crippen molar-refractivity contribution in [3.63, 3.8) is 0 Å². The zero-order valence-electron chi connectivity index (χ0n) is 11.1. The molecule has 20 heavy (non-hydrogen) atoms. The van der Waals surface area contributed by atoms with Crippen molar-refractivity contribution in [3.8, 4) is 11.5 Å². The maximum Gasteiger partial charge on any atom is 0.259 e. The van der Waals surface area contributed by atoms with Crippen LogP contribution in [0.4, 0.5) is 4.39 Å². The zero-order valence-corrected chi connectivity index (χ0v) is 11.9. The standard InChI is InChI=1S/C11H13FN4O3S/c1-11(2,16-20(3,17)18)10-14-9(19-15-10)7-4-8(12)6-13-5-7/h4-6,16H,1-3H3. The molecular weight excluding hydrogens is 287 g/mol. The Morgan fingerprint density at radius 3 is 2.65 bits per heavy atom. The van der Waals surface area contributed by atoms with Gasteiger partial charge in [0.1, 0.15) is 5.82 Å². The van der Waals surface area contributed by atoms with Crippen molar-refractivity contribution in [2.24, 2.45) is 0 Å². The molecule has 1 N–H and O–H groups in total. The molecule has 0 saturated carbocycles. The smallest absolute Gasteiger partial charge is 0.259 e. The molecule has 9 heteroatoms. The fraction of sp³-hybridized carbons (Fsp3) is 0.364. The van der Waals surface area contributed by atoms with Crippen LogP contribution < -0.4 is 4.72 Å². The molecule has 2 rings (SSSR count). The second-order valence-corrected chi connectivity index (χ2v) is 6.56. The first-order valence-electron chi connectivity index (χ1n) is 5.61. The summed E-state index contributed by atoms with van der Waals surface area (Å²) in [5.41, 5.74) is -0.727. The van der Waals surface area contributed by atoms with Gasteiger partial charge in [0.05, 0.1) is 23.6 Å². The molecule has 2 aromatic heterocycles. The Kier molecular flexibility index (Phi) is 3.57. The average molecular weight is 300 g/mol. The number of halogens is 1. The number of sulfonamides is 1. The van der Waals surface area contributed by atoms with Crippen LogP contribution in [-0.4, -0.2) is 29.8 Å². The number of rotatable bonds is 4. The molecule has 0 bridgehead atoms. The minimum Gasteiger partial charge on any atom is -0.334 e. The fourth-order valence-electron chi connectivity index (χ4n) is 1.63. The van der Waals surface area contributed by atoms with Crippen LogP contribution in [-0.2, 0) is 15.6 Å². The second kappa shape index (κ2) is 4.91. The maximum atomic E-state index is 13.1. The normalized spacial score (nSPS) is 12.6. The van der Waals surface area contributed by atoms with E-state index in [1.54, 1.807) is 13.8 Å². The molecule has 0 aliphatic carbocycles. The molecule has 0 atom stereocenters. The monoisotopic (exact) mass is 300 g/mol. The van der Waals surface area contributed by atoms with Gasteiger partial charge >= 0.3 is 0 Å². The van der Waals surface area contributed by atoms with E-state index in [4.69, 9.17) is 4.52 Å². The van der Waals surface area contributed by atoms with Gasteiger partial charge in [0, 0.05) is 6.20 Å². The number of nitrogens with zero attached hydrogens (tertiary/aromatic N) is 3. The van der Waals surface area contributed by atoms with Crippen molar-refractivity contribution in [3.05, 3.63) is 30.1 Å². The first kappa shape index (κ1) is 14.5. The van der Waals surface area contributed by atoms with E-state index in [2.05, 4.69) is 19.8 Å². The summed E-state index contributed by atoms with van der Waals surface area (Å²) < 4.78 is 43.0. The minimum absolute atomic E-state index is 0.0652. The minimum atomic E-state index is -3.44. The van der Waals surface area contributed by atoms with Gasteiger partial charge in [-0.3, -0.25) is 4.98 Å². The predicted molar refractivity (Wildman–Crippen MR) is 68.5 cm³/mol. The third kappa shape index (κ3) is 3.36. The highest BCUT2D eigenvalue weighted by Crippen LogP contribution is 2.22. The van der Waals surface area contributed by atoms with E-state index in [1.807, 2.05) is 0 Å². The SMILES string of the molecule is CC(C)(NS(C)(=O)=O)c1noc(-c2cncc(F)c2)n1. The third-order valence-corrected chi connectivity index (χ3v) is 3.26. The molecule has 0 aromatic carbocycles. The molecule has 2 aromatic rings. The van der Waals surface area contributed by atoms with Crippen LogP contribution in [0.3, 0.4) is 0 Å². The average Bonchev–Trinajstić information content (AvgIpc) is 2.75. The van der Waals surface area contributed by atoms with Crippen molar-refractivity contribution >= 4 is 10.0 Å². The highest BCUT2D eigenvalue weighted by atomic mass is 32.2. The molecule has 108 valence electrons. The molecule has 7 nitrogen and oxygen atoms in total. The molecule has 0 unspecified atom stereocenters. The molecule has 0 aliphatic rings. The van der Waals surface area contributed by atoms with Crippen LogP contribution in [0.15, 0.2) is 23.0 Å². The number of pyridine rings is 1. The van der Waals surface area contributed by atoms with E-state index in [-0.39, 0.29) is 11.7 Å². The van der Waals surface area contributed by atoms with E-state index < -0.39 is 21.4 Å². The number of nitrogens with one attached hydrogen (secondary N) is 1. The van der Waals surface area contributed by atoms with Gasteiger partial charge in [-0.15, -0.1) is 0 Å². The van der Waals surface area contributed by atoms with E-state index >= 15 is 0 Å². The quantitative estimate of drug-likeness (QED) is 0.906. The lowest BCUT2D eigenvalue weighted by Crippen LogP contribution is -2.41. The summed E-state index contributed by atoms with van der Waals surface area (Å²) in [6.45, 7) is 3.18. The Morgan fingerprint density at radius 2 is 2.05 bits per heavy atom. The molecule has 0 spiro atoms. The van der Waals surface area contributed by atoms with Crippen molar-refractivity contribution in [2.45, 2.75) is 19.4 Å². The van der Waals surface area contributed by atoms with E-state index in [9.17, 15) is 12.8 Å². The van der Waals surface area contributed by atoms with Crippen molar-refractivity contribution in [2.75, 3.05) is 6.26 Å². The van der Waals surface area contributed by atoms with Gasteiger partial charge in [0.15, 0.2) is 5.82 Å². The third-order valence-electron chi connectivity index (χ3n) is 2.38. The maximum absolute atomic E-state index is 13.1. The molecule has 0 fully saturated rings. The van der Waals surface area contributed by atoms with E-state index in [0.29, 0.717) is 5.56 Å². The van der Waals surface area contributed by atoms with Gasteiger partial charge in [-0.1, -0.05) is 5.16 Å². The van der Waals surface area contributed by atoms with Gasteiger partial charge in [0.25, 0.3) is 5.89 Å². The molecule has 0 amide bonds. The predicted octanol–water partition coefficient (Wildman–Crippen LogP) is 1.05. The first-order valence-corrected chi connectivity index (χ1v) is 7.50. The molecule has 2 heterocycles. The Hall–Kier alpha value is -1.87. The second-order valence-electron chi connectivity index (χ2n) is 4.81. The highest BCUT2D eigenvalue weighted by molar-refractivity contribution is 7.88. The lowest BCUT2D eigenvalue weighted by Gasteiger charge is -2.20. The Labute approximate surface area is 115 Å². The van der Waals surface area contributed by atoms with Crippen molar-refractivity contribution < 1.29 is 17.3 Å². The summed E-state index contributed by atoms with van der Waals surface area (Å²) in [6.07, 6.45) is 3.46. The van der Waals surface area contributed by atoms with Crippen LogP contribution in [0.5, 0.6) is 0 Å². The topological polar surface area (TPSA) is 98.0 Å². The summed E-state index contributed by atoms with van der Waals surface area (Å²) in [5, 5.41) is 3.71. The van der Waals surface area contributed by atoms with Crippen LogP contribution in [0.1, 0.15) is 19.7 Å². The highest BCUT2D eigenvalue weighted by Gasteiger charge is 2.30. The summed E-state index contributed by atoms with van der Waals surface area (Å²) >= 11 is 0. The van der Waals surface area contributed by atoms with Gasteiger partial charge in [-0.05, 0) is 19.9 Å². The number of hydrogen-bond donors (Lipinski definition) is 1. The van der Waals surface area contributed by atoms with Gasteiger partial charge < -0.3 is 4.52 Å². The first-order chi connectivity index (χ1) is 9.17. The van der Waals surface area contributed by atoms with Crippen LogP contribution >= 0.6 is 0 Å². The number of aromatic nitrogens is 3. The summed E-state index contributed by atoms with van der Waals surface area (Å²) in [5.74, 6) is -0.326. The molecule has 0 radical (unpaired) electrons. The van der Waals surface area contributed by atoms with E-state index in [0.717, 1.165) is 12.5 Å². The lowest BCUT2D eigenvalue weighted by atomic mass is 10.1. The summed E-state index contributed by atoms with van der Waals surface area (Å²) in [7, 11) is -3.44. The van der Waals surface area contributed by atoms with E-state index in [1.165, 1.54) is 12.3 Å². The molecule has 0 saturated heterocycles. The molecule has 0 aliphatic heterocycles. The Bertz CT molecular complexity index is 727. The van der Waals surface area contributed by atoms with Crippen molar-refractivity contribution in [1.29, 1.82) is 0 Å². The lowest BCUT2D eigenvalue weighted by molar-refractivity contribution is 0.382. The summed E-state index contributed by atoms with van der Waals surface area (Å²) in [6, 6.07) is 1.20. The fourth-order valence-corrected chi connectivity index (χ4v) is 2.65. The zero-order chi connectivity index (χ0) is 15.0. The van der Waals surface area contributed by atoms with Crippen LogP contribution in [0.2, 0.25) is 0 Å². The summed E-state index contributed by atoms with van der Waals surface area (Å²) in [4.78, 5) is 7.74. The molecular formula is C11H13FN4O3S. The Balaban J connectivity index is 2.34. The number of hydrogen-bond acceptors (Lipinski definition) is 6. The Morgan fingerprint density at radius 1 is 1.35 bits per heavy atom. The van der Waals surface area contributed by atoms with Gasteiger partial charge in [-0.2, -0.15) is 4.98 Å². The van der Waals surface area contributed by atoms with Gasteiger partial charge in [0.2, 0.25) is 10.0 Å². The largest absolute Gasteiger partial charge is 0.334 e. The van der Waals surface area contributed by atoms with Gasteiger partial charge in [-0.25, -0.2) is 17.5 Å². The van der Waals surface area contributed by atoms with Crippen LogP contribution in [0.25, 0.3) is 11.5 Å². The van der Waals surface area contributed by atoms with Crippen LogP contribution in [0, 0.1) is 5.82 Å². The van der Waals surface area contributed by atoms with Crippen molar-refractivity contribution in [1.82, 2.24) is 19.8 Å².